The molecule has 1 N–H and O–H groups in total. The smallest absolute Gasteiger partial charge is 0.107 e. The van der Waals surface area contributed by atoms with E-state index in [1.807, 2.05) is 0 Å². The van der Waals surface area contributed by atoms with Crippen molar-refractivity contribution in [2.75, 3.05) is 0 Å². The van der Waals surface area contributed by atoms with Gasteiger partial charge in [0.15, 0.2) is 0 Å². The van der Waals surface area contributed by atoms with E-state index in [0.717, 1.165) is 28.3 Å². The van der Waals surface area contributed by atoms with Gasteiger partial charge in [0.25, 0.3) is 0 Å². The Bertz CT molecular complexity index is 505. The van der Waals surface area contributed by atoms with Gasteiger partial charge in [-0.15, -0.1) is 11.3 Å². The Morgan fingerprint density at radius 1 is 1.22 bits per heavy atom. The number of thiophene rings is 1. The van der Waals surface area contributed by atoms with E-state index in [2.05, 4.69) is 58.5 Å². The predicted molar refractivity (Wildman–Crippen MR) is 83.4 cm³/mol. The summed E-state index contributed by atoms with van der Waals surface area (Å²) in [6.07, 6.45) is 1.08. The molecule has 0 amide bonds. The zero-order chi connectivity index (χ0) is 13.0. The maximum absolute atomic E-state index is 6.02. The fourth-order valence-corrected chi connectivity index (χ4v) is 3.63. The van der Waals surface area contributed by atoms with Gasteiger partial charge in [-0.2, -0.15) is 0 Å². The van der Waals surface area contributed by atoms with E-state index in [9.17, 15) is 0 Å². The van der Waals surface area contributed by atoms with Crippen molar-refractivity contribution in [3.63, 3.8) is 0 Å². The molecule has 0 aliphatic carbocycles. The molecule has 0 atom stereocenters. The van der Waals surface area contributed by atoms with Crippen LogP contribution >= 0.6 is 38.9 Å². The largest absolute Gasteiger partial charge is 0.308 e. The van der Waals surface area contributed by atoms with Crippen LogP contribution in [0.1, 0.15) is 22.9 Å². The van der Waals surface area contributed by atoms with Crippen molar-refractivity contribution in [2.24, 2.45) is 0 Å². The number of aryl methyl sites for hydroxylation is 1. The molecule has 96 valence electrons. The number of hydrogen-bond acceptors (Lipinski definition) is 2. The molecule has 1 nitrogen and oxygen atoms in total. The van der Waals surface area contributed by atoms with Crippen molar-refractivity contribution < 1.29 is 0 Å². The minimum atomic E-state index is 0.820. The van der Waals surface area contributed by atoms with Gasteiger partial charge in [0.1, 0.15) is 4.34 Å². The first-order valence-corrected chi connectivity index (χ1v) is 7.90. The van der Waals surface area contributed by atoms with E-state index in [-0.39, 0.29) is 0 Å². The van der Waals surface area contributed by atoms with Crippen LogP contribution in [0.3, 0.4) is 0 Å². The normalized spacial score (nSPS) is 10.8. The molecule has 1 aromatic carbocycles. The molecule has 0 unspecified atom stereocenters. The standard InChI is InChI=1S/C14H15BrClNS/c1-2-10-5-3-4-6-11(10)8-17-9-12-7-13(15)14(16)18-12/h3-7,17H,2,8-9H2,1H3. The van der Waals surface area contributed by atoms with E-state index in [1.165, 1.54) is 16.0 Å². The summed E-state index contributed by atoms with van der Waals surface area (Å²) in [5.74, 6) is 0. The van der Waals surface area contributed by atoms with Crippen molar-refractivity contribution in [2.45, 2.75) is 26.4 Å². The van der Waals surface area contributed by atoms with Crippen molar-refractivity contribution in [1.29, 1.82) is 0 Å². The number of rotatable bonds is 5. The molecule has 1 heterocycles. The maximum atomic E-state index is 6.02. The second-order valence-electron chi connectivity index (χ2n) is 4.06. The van der Waals surface area contributed by atoms with Gasteiger partial charge < -0.3 is 5.32 Å². The molecule has 0 spiro atoms. The Hall–Kier alpha value is -0.350. The van der Waals surface area contributed by atoms with Crippen LogP contribution in [-0.4, -0.2) is 0 Å². The van der Waals surface area contributed by atoms with Gasteiger partial charge in [0.2, 0.25) is 0 Å². The highest BCUT2D eigenvalue weighted by Crippen LogP contribution is 2.31. The molecule has 18 heavy (non-hydrogen) atoms. The lowest BCUT2D eigenvalue weighted by Gasteiger charge is -2.08. The maximum Gasteiger partial charge on any atom is 0.107 e. The zero-order valence-electron chi connectivity index (χ0n) is 10.2. The van der Waals surface area contributed by atoms with Crippen LogP contribution in [-0.2, 0) is 19.5 Å². The summed E-state index contributed by atoms with van der Waals surface area (Å²) in [6, 6.07) is 10.6. The summed E-state index contributed by atoms with van der Waals surface area (Å²) in [4.78, 5) is 1.25. The Morgan fingerprint density at radius 2 is 1.94 bits per heavy atom. The van der Waals surface area contributed by atoms with Crippen LogP contribution in [0.4, 0.5) is 0 Å². The lowest BCUT2D eigenvalue weighted by Crippen LogP contribution is -2.13. The number of halogens is 2. The van der Waals surface area contributed by atoms with E-state index >= 15 is 0 Å². The summed E-state index contributed by atoms with van der Waals surface area (Å²) in [6.45, 7) is 3.94. The highest BCUT2D eigenvalue weighted by molar-refractivity contribution is 9.10. The molecule has 1 aromatic heterocycles. The molecule has 0 saturated heterocycles. The van der Waals surface area contributed by atoms with E-state index in [4.69, 9.17) is 11.6 Å². The molecular weight excluding hydrogens is 330 g/mol. The Balaban J connectivity index is 1.92. The Kier molecular flexibility index (Phi) is 5.25. The van der Waals surface area contributed by atoms with Crippen LogP contribution in [0.25, 0.3) is 0 Å². The summed E-state index contributed by atoms with van der Waals surface area (Å²) >= 11 is 11.1. The second kappa shape index (κ2) is 6.71. The average molecular weight is 345 g/mol. The summed E-state index contributed by atoms with van der Waals surface area (Å²) in [5, 5.41) is 3.46. The van der Waals surface area contributed by atoms with Crippen LogP contribution in [0, 0.1) is 0 Å². The third-order valence-corrected chi connectivity index (χ3v) is 5.28. The average Bonchev–Trinajstić information content (AvgIpc) is 2.69. The quantitative estimate of drug-likeness (QED) is 0.803. The first-order chi connectivity index (χ1) is 8.70. The van der Waals surface area contributed by atoms with Gasteiger partial charge in [-0.05, 0) is 39.5 Å². The summed E-state index contributed by atoms with van der Waals surface area (Å²) in [5.41, 5.74) is 2.79. The SMILES string of the molecule is CCc1ccccc1CNCc1cc(Br)c(Cl)s1. The lowest BCUT2D eigenvalue weighted by molar-refractivity contribution is 0.695. The Labute approximate surface area is 125 Å². The highest BCUT2D eigenvalue weighted by Gasteiger charge is 2.04. The first-order valence-electron chi connectivity index (χ1n) is 5.92. The molecule has 0 radical (unpaired) electrons. The molecule has 0 fully saturated rings. The third-order valence-electron chi connectivity index (χ3n) is 2.81. The molecule has 0 aliphatic rings. The van der Waals surface area contributed by atoms with E-state index < -0.39 is 0 Å². The minimum Gasteiger partial charge on any atom is -0.308 e. The molecule has 2 rings (SSSR count). The zero-order valence-corrected chi connectivity index (χ0v) is 13.3. The van der Waals surface area contributed by atoms with Crippen molar-refractivity contribution in [3.05, 3.63) is 55.1 Å². The van der Waals surface area contributed by atoms with Gasteiger partial charge in [0.05, 0.1) is 0 Å². The van der Waals surface area contributed by atoms with Crippen LogP contribution in [0.5, 0.6) is 0 Å². The number of benzene rings is 1. The van der Waals surface area contributed by atoms with Gasteiger partial charge in [-0.3, -0.25) is 0 Å². The second-order valence-corrected chi connectivity index (χ2v) is 6.65. The minimum absolute atomic E-state index is 0.820. The fourth-order valence-electron chi connectivity index (χ4n) is 1.87. The highest BCUT2D eigenvalue weighted by atomic mass is 79.9. The van der Waals surface area contributed by atoms with Crippen LogP contribution < -0.4 is 5.32 Å². The Morgan fingerprint density at radius 3 is 2.56 bits per heavy atom. The molecular formula is C14H15BrClNS. The van der Waals surface area contributed by atoms with Crippen LogP contribution in [0.15, 0.2) is 34.8 Å². The van der Waals surface area contributed by atoms with Crippen molar-refractivity contribution >= 4 is 38.9 Å². The molecule has 2 aromatic rings. The number of nitrogens with one attached hydrogen (secondary N) is 1. The monoisotopic (exact) mass is 343 g/mol. The molecule has 0 aliphatic heterocycles. The van der Waals surface area contributed by atoms with Gasteiger partial charge in [0, 0.05) is 22.4 Å². The van der Waals surface area contributed by atoms with Gasteiger partial charge in [-0.1, -0.05) is 42.8 Å². The van der Waals surface area contributed by atoms with Crippen LogP contribution in [0.2, 0.25) is 4.34 Å². The molecule has 0 saturated carbocycles. The van der Waals surface area contributed by atoms with Crippen molar-refractivity contribution in [3.8, 4) is 0 Å². The summed E-state index contributed by atoms with van der Waals surface area (Å²) in [7, 11) is 0. The molecule has 0 bridgehead atoms. The van der Waals surface area contributed by atoms with Crippen molar-refractivity contribution in [1.82, 2.24) is 5.32 Å². The lowest BCUT2D eigenvalue weighted by atomic mass is 10.1. The third kappa shape index (κ3) is 3.58. The predicted octanol–water partition coefficient (Wildman–Crippen LogP) is 5.02. The van der Waals surface area contributed by atoms with E-state index in [1.54, 1.807) is 11.3 Å². The van der Waals surface area contributed by atoms with E-state index in [0.29, 0.717) is 0 Å². The fraction of sp³-hybridized carbons (Fsp3) is 0.286. The van der Waals surface area contributed by atoms with Gasteiger partial charge >= 0.3 is 0 Å². The van der Waals surface area contributed by atoms with Gasteiger partial charge in [-0.25, -0.2) is 0 Å². The summed E-state index contributed by atoms with van der Waals surface area (Å²) < 4.78 is 1.81. The topological polar surface area (TPSA) is 12.0 Å². The molecule has 4 heteroatoms. The number of hydrogen-bond donors (Lipinski definition) is 1. The first kappa shape index (κ1) is 14.1.